The Morgan fingerprint density at radius 1 is 1.86 bits per heavy atom. The molecule has 1 aliphatic heterocycles. The van der Waals surface area contributed by atoms with E-state index in [1.54, 1.807) is 0 Å². The van der Waals surface area contributed by atoms with Crippen LogP contribution in [0.2, 0.25) is 0 Å². The summed E-state index contributed by atoms with van der Waals surface area (Å²) in [5.74, 6) is 0.264. The van der Waals surface area contributed by atoms with E-state index in [1.807, 2.05) is 0 Å². The van der Waals surface area contributed by atoms with E-state index in [1.165, 1.54) is 6.26 Å². The number of hydrogen-bond donors (Lipinski definition) is 0. The van der Waals surface area contributed by atoms with Crippen LogP contribution in [-0.2, 0) is 14.1 Å². The van der Waals surface area contributed by atoms with Crippen molar-refractivity contribution in [2.75, 3.05) is 0 Å². The van der Waals surface area contributed by atoms with Crippen LogP contribution in [0.5, 0.6) is 0 Å². The first-order valence-corrected chi connectivity index (χ1v) is 1.83. The third-order valence-corrected chi connectivity index (χ3v) is 0.609. The van der Waals surface area contributed by atoms with Gasteiger partial charge in [0.05, 0.1) is 0 Å². The molecule has 7 heavy (non-hydrogen) atoms. The molecule has 3 nitrogen and oxygen atoms in total. The lowest BCUT2D eigenvalue weighted by Crippen LogP contribution is -1.89. The molecule has 0 spiro atoms. The van der Waals surface area contributed by atoms with Crippen molar-refractivity contribution in [3.63, 3.8) is 0 Å². The third kappa shape index (κ3) is 0.736. The van der Waals surface area contributed by atoms with Gasteiger partial charge in [0.15, 0.2) is 12.0 Å². The summed E-state index contributed by atoms with van der Waals surface area (Å²) in [4.78, 5) is 9.73. The van der Waals surface area contributed by atoms with E-state index in [9.17, 15) is 4.79 Å². The number of carbonyl (C=O) groups excluding carboxylic acids is 1. The summed E-state index contributed by atoms with van der Waals surface area (Å²) in [5.41, 5.74) is 0. The third-order valence-electron chi connectivity index (χ3n) is 0.609. The fourth-order valence-corrected chi connectivity index (χ4v) is 0.314. The minimum Gasteiger partial charge on any atom is -0.531 e. The largest absolute Gasteiger partial charge is 0.576 e. The van der Waals surface area contributed by atoms with Crippen LogP contribution in [0.3, 0.4) is 0 Å². The van der Waals surface area contributed by atoms with E-state index in [2.05, 4.69) is 9.31 Å². The molecule has 0 aromatic rings. The molecular formula is C3H3BO3. The van der Waals surface area contributed by atoms with Gasteiger partial charge in [-0.15, -0.1) is 0 Å². The first kappa shape index (κ1) is 4.24. The summed E-state index contributed by atoms with van der Waals surface area (Å²) in [6, 6.07) is 0. The van der Waals surface area contributed by atoms with E-state index in [0.29, 0.717) is 6.29 Å². The predicted octanol–water partition coefficient (Wildman–Crippen LogP) is -0.660. The predicted molar refractivity (Wildman–Crippen MR) is 23.5 cm³/mol. The molecule has 0 bridgehead atoms. The molecule has 0 aromatic heterocycles. The lowest BCUT2D eigenvalue weighted by atomic mass is 10.4. The lowest BCUT2D eigenvalue weighted by Gasteiger charge is -1.84. The summed E-state index contributed by atoms with van der Waals surface area (Å²) < 4.78 is 9.11. The molecule has 0 saturated carbocycles. The summed E-state index contributed by atoms with van der Waals surface area (Å²) in [5, 5.41) is 0. The molecule has 36 valence electrons. The van der Waals surface area contributed by atoms with Crippen molar-refractivity contribution >= 4 is 14.0 Å². The second kappa shape index (κ2) is 1.68. The lowest BCUT2D eigenvalue weighted by molar-refractivity contribution is -0.106. The molecule has 0 unspecified atom stereocenters. The van der Waals surface area contributed by atoms with Crippen molar-refractivity contribution in [3.8, 4) is 0 Å². The van der Waals surface area contributed by atoms with Crippen molar-refractivity contribution in [1.82, 2.24) is 0 Å². The molecular weight excluding hydrogens is 94.8 g/mol. The fourth-order valence-electron chi connectivity index (χ4n) is 0.314. The van der Waals surface area contributed by atoms with Crippen molar-refractivity contribution in [2.24, 2.45) is 0 Å². The van der Waals surface area contributed by atoms with Gasteiger partial charge in [-0.25, -0.2) is 0 Å². The second-order valence-electron chi connectivity index (χ2n) is 1.07. The smallest absolute Gasteiger partial charge is 0.531 e. The van der Waals surface area contributed by atoms with Crippen LogP contribution in [0.15, 0.2) is 12.0 Å². The quantitative estimate of drug-likeness (QED) is 0.322. The van der Waals surface area contributed by atoms with Crippen molar-refractivity contribution < 1.29 is 14.1 Å². The molecule has 0 fully saturated rings. The van der Waals surface area contributed by atoms with Gasteiger partial charge in [-0.1, -0.05) is 0 Å². The van der Waals surface area contributed by atoms with Crippen LogP contribution in [0.4, 0.5) is 0 Å². The Hall–Kier alpha value is -0.925. The van der Waals surface area contributed by atoms with Crippen molar-refractivity contribution in [2.45, 2.75) is 0 Å². The summed E-state index contributed by atoms with van der Waals surface area (Å²) in [6.07, 6.45) is 1.89. The molecule has 1 rings (SSSR count). The maximum atomic E-state index is 9.73. The van der Waals surface area contributed by atoms with Gasteiger partial charge < -0.3 is 9.31 Å². The maximum absolute atomic E-state index is 9.73. The van der Waals surface area contributed by atoms with Gasteiger partial charge in [-0.05, 0) is 0 Å². The van der Waals surface area contributed by atoms with Gasteiger partial charge in [0, 0.05) is 0 Å². The van der Waals surface area contributed by atoms with Gasteiger partial charge in [0.25, 0.3) is 0 Å². The molecule has 0 radical (unpaired) electrons. The zero-order valence-corrected chi connectivity index (χ0v) is 3.59. The van der Waals surface area contributed by atoms with Crippen LogP contribution in [0, 0.1) is 0 Å². The Kier molecular flexibility index (Phi) is 1.02. The van der Waals surface area contributed by atoms with E-state index in [4.69, 9.17) is 0 Å². The standard InChI is InChI=1S/C3H3BO3/c5-1-3-2-6-4-7-3/h1-2,4H. The molecule has 0 aliphatic carbocycles. The highest BCUT2D eigenvalue weighted by atomic mass is 16.6. The van der Waals surface area contributed by atoms with Crippen LogP contribution in [0.1, 0.15) is 0 Å². The van der Waals surface area contributed by atoms with Gasteiger partial charge in [-0.3, -0.25) is 4.79 Å². The van der Waals surface area contributed by atoms with Crippen LogP contribution in [-0.4, -0.2) is 14.0 Å². The van der Waals surface area contributed by atoms with Crippen LogP contribution >= 0.6 is 0 Å². The molecule has 1 aliphatic rings. The first-order valence-electron chi connectivity index (χ1n) is 1.83. The average Bonchev–Trinajstić information content (AvgIpc) is 2.14. The molecule has 4 heteroatoms. The second-order valence-corrected chi connectivity index (χ2v) is 1.07. The van der Waals surface area contributed by atoms with E-state index in [-0.39, 0.29) is 13.4 Å². The van der Waals surface area contributed by atoms with E-state index >= 15 is 0 Å². The summed E-state index contributed by atoms with van der Waals surface area (Å²) in [7, 11) is 0.175. The Bertz CT molecular complexity index is 109. The van der Waals surface area contributed by atoms with Crippen LogP contribution in [0.25, 0.3) is 0 Å². The Labute approximate surface area is 41.2 Å². The minimum absolute atomic E-state index is 0.175. The number of rotatable bonds is 1. The zero-order chi connectivity index (χ0) is 5.11. The SMILES string of the molecule is O=CC1=COBO1. The van der Waals surface area contributed by atoms with Gasteiger partial charge >= 0.3 is 7.69 Å². The molecule has 0 amide bonds. The highest BCUT2D eigenvalue weighted by Gasteiger charge is 2.05. The number of aldehydes is 1. The number of hydrogen-bond acceptors (Lipinski definition) is 3. The van der Waals surface area contributed by atoms with E-state index in [0.717, 1.165) is 0 Å². The highest BCUT2D eigenvalue weighted by molar-refractivity contribution is 6.21. The number of allylic oxidation sites excluding steroid dienone is 1. The van der Waals surface area contributed by atoms with E-state index < -0.39 is 0 Å². The topological polar surface area (TPSA) is 35.5 Å². The normalized spacial score (nSPS) is 15.7. The van der Waals surface area contributed by atoms with Gasteiger partial charge in [-0.2, -0.15) is 0 Å². The number of carbonyl (C=O) groups is 1. The molecule has 0 saturated heterocycles. The molecule has 0 aromatic carbocycles. The monoisotopic (exact) mass is 98.0 g/mol. The molecule has 1 heterocycles. The van der Waals surface area contributed by atoms with Crippen molar-refractivity contribution in [1.29, 1.82) is 0 Å². The molecule has 0 atom stereocenters. The maximum Gasteiger partial charge on any atom is 0.576 e. The zero-order valence-electron chi connectivity index (χ0n) is 3.59. The average molecular weight is 97.9 g/mol. The first-order chi connectivity index (χ1) is 3.43. The fraction of sp³-hybridized carbons (Fsp3) is 0. The van der Waals surface area contributed by atoms with Crippen LogP contribution < -0.4 is 0 Å². The minimum atomic E-state index is 0.175. The Morgan fingerprint density at radius 3 is 3.00 bits per heavy atom. The van der Waals surface area contributed by atoms with Gasteiger partial charge in [0.1, 0.15) is 6.26 Å². The van der Waals surface area contributed by atoms with Gasteiger partial charge in [0.2, 0.25) is 0 Å². The molecule has 0 N–H and O–H groups in total. The Morgan fingerprint density at radius 2 is 2.71 bits per heavy atom. The van der Waals surface area contributed by atoms with Crippen molar-refractivity contribution in [3.05, 3.63) is 12.0 Å². The Balaban J connectivity index is 2.51. The highest BCUT2D eigenvalue weighted by Crippen LogP contribution is 1.98. The summed E-state index contributed by atoms with van der Waals surface area (Å²) >= 11 is 0. The summed E-state index contributed by atoms with van der Waals surface area (Å²) in [6.45, 7) is 0.